The van der Waals surface area contributed by atoms with Crippen molar-refractivity contribution in [2.75, 3.05) is 0 Å². The zero-order chi connectivity index (χ0) is 18.0. The first-order valence-corrected chi connectivity index (χ1v) is 7.93. The molecule has 0 bridgehead atoms. The summed E-state index contributed by atoms with van der Waals surface area (Å²) >= 11 is 8.34. The van der Waals surface area contributed by atoms with Crippen LogP contribution >= 0.6 is 25.3 Å². The Labute approximate surface area is 182 Å². The zero-order valence-corrected chi connectivity index (χ0v) is 17.4. The van der Waals surface area contributed by atoms with Crippen LogP contribution in [0, 0.1) is 0 Å². The number of rotatable bonds is 4. The van der Waals surface area contributed by atoms with E-state index in [1.54, 1.807) is 48.5 Å². The van der Waals surface area contributed by atoms with Crippen LogP contribution < -0.4 is 35.1 Å². The number of carbonyl (C=O) groups is 1. The van der Waals surface area contributed by atoms with Gasteiger partial charge in [0.2, 0.25) is 0 Å². The van der Waals surface area contributed by atoms with Crippen LogP contribution in [-0.2, 0) is 0 Å². The third-order valence-corrected chi connectivity index (χ3v) is 3.90. The first-order valence-electron chi connectivity index (χ1n) is 7.04. The minimum atomic E-state index is -1.30. The molecule has 1 aromatic heterocycles. The minimum Gasteiger partial charge on any atom is -1.00 e. The molecule has 0 spiro atoms. The third kappa shape index (κ3) is 4.49. The second kappa shape index (κ2) is 8.74. The largest absolute Gasteiger partial charge is 1.00 e. The first-order chi connectivity index (χ1) is 12.0. The quantitative estimate of drug-likeness (QED) is 0.300. The van der Waals surface area contributed by atoms with Crippen LogP contribution in [0.1, 0.15) is 11.9 Å². The number of aromatic nitrogens is 2. The van der Waals surface area contributed by atoms with Gasteiger partial charge in [0.05, 0.1) is 11.4 Å². The van der Waals surface area contributed by atoms with Crippen molar-refractivity contribution in [2.24, 2.45) is 10.2 Å². The third-order valence-electron chi connectivity index (χ3n) is 3.30. The number of thiol groups is 2. The van der Waals surface area contributed by atoms with E-state index < -0.39 is 11.5 Å². The molecule has 0 saturated heterocycles. The molecule has 0 radical (unpaired) electrons. The van der Waals surface area contributed by atoms with Gasteiger partial charge < -0.3 is 6.53 Å². The molecule has 26 heavy (non-hydrogen) atoms. The van der Waals surface area contributed by atoms with Gasteiger partial charge in [0.1, 0.15) is 0 Å². The maximum Gasteiger partial charge on any atom is 1.00 e. The molecule has 128 valence electrons. The van der Waals surface area contributed by atoms with E-state index in [-0.39, 0.29) is 42.4 Å². The molecule has 3 aromatic rings. The van der Waals surface area contributed by atoms with E-state index in [1.807, 2.05) is 0 Å². The number of aromatic amines is 1. The first kappa shape index (κ1) is 20.5. The summed E-state index contributed by atoms with van der Waals surface area (Å²) in [4.78, 5) is 25.4. The van der Waals surface area contributed by atoms with E-state index in [0.717, 1.165) is 14.5 Å². The Hall–Kier alpha value is -1.78. The number of nitrogens with one attached hydrogen (secondary N) is 1. The van der Waals surface area contributed by atoms with E-state index in [4.69, 9.17) is 0 Å². The summed E-state index contributed by atoms with van der Waals surface area (Å²) in [5, 5.41) is 19.6. The molecule has 3 rings (SSSR count). The Morgan fingerprint density at radius 2 is 1.54 bits per heavy atom. The van der Waals surface area contributed by atoms with Crippen LogP contribution in [-0.4, -0.2) is 20.9 Å². The van der Waals surface area contributed by atoms with Crippen molar-refractivity contribution >= 4 is 42.6 Å². The van der Waals surface area contributed by atoms with Crippen molar-refractivity contribution in [3.63, 3.8) is 0 Å². The Morgan fingerprint density at radius 3 is 2.08 bits per heavy atom. The van der Waals surface area contributed by atoms with Crippen molar-refractivity contribution in [3.8, 4) is 5.69 Å². The molecule has 0 atom stereocenters. The van der Waals surface area contributed by atoms with Crippen LogP contribution in [0.4, 0.5) is 11.4 Å². The molecule has 7 nitrogen and oxygen atoms in total. The fourth-order valence-electron chi connectivity index (χ4n) is 2.08. The maximum atomic E-state index is 12.5. The Balaban J connectivity index is 0.00000182. The van der Waals surface area contributed by atoms with Crippen LogP contribution in [0.5, 0.6) is 0 Å². The van der Waals surface area contributed by atoms with E-state index in [2.05, 4.69) is 40.6 Å². The summed E-state index contributed by atoms with van der Waals surface area (Å²) in [6.45, 7) is 0. The monoisotopic (exact) mass is 396 g/mol. The number of carboxylic acid groups (broad SMARTS) is 1. The molecular formula is C16H13N4NaO3S2. The predicted molar refractivity (Wildman–Crippen MR) is 99.6 cm³/mol. The topological polar surface area (TPSA) is 99.8 Å². The van der Waals surface area contributed by atoms with Gasteiger partial charge in [0.25, 0.3) is 5.56 Å². The molecule has 2 N–H and O–H groups in total. The van der Waals surface area contributed by atoms with E-state index in [9.17, 15) is 14.7 Å². The van der Waals surface area contributed by atoms with Crippen LogP contribution in [0.25, 0.3) is 5.69 Å². The minimum absolute atomic E-state index is 0. The van der Waals surface area contributed by atoms with Gasteiger partial charge in [-0.3, -0.25) is 9.89 Å². The van der Waals surface area contributed by atoms with Gasteiger partial charge in [0, 0.05) is 9.79 Å². The van der Waals surface area contributed by atoms with Crippen LogP contribution in [0.2, 0.25) is 0 Å². The fraction of sp³-hybridized carbons (Fsp3) is 0. The summed E-state index contributed by atoms with van der Waals surface area (Å²) < 4.78 is 1.10. The summed E-state index contributed by atoms with van der Waals surface area (Å²) in [5.74, 6) is -1.30. The van der Waals surface area contributed by atoms with E-state index in [0.29, 0.717) is 11.4 Å². The summed E-state index contributed by atoms with van der Waals surface area (Å²) in [7, 11) is 0. The van der Waals surface area contributed by atoms with Crippen molar-refractivity contribution in [2.45, 2.75) is 9.79 Å². The van der Waals surface area contributed by atoms with Crippen molar-refractivity contribution < 1.29 is 40.9 Å². The van der Waals surface area contributed by atoms with Gasteiger partial charge in [-0.15, -0.1) is 30.4 Å². The number of hydrogen-bond donors (Lipinski definition) is 4. The number of carboxylic acids is 1. The molecule has 0 aliphatic heterocycles. The second-order valence-corrected chi connectivity index (χ2v) is 6.05. The average Bonchev–Trinajstić information content (AvgIpc) is 2.92. The van der Waals surface area contributed by atoms with E-state index >= 15 is 0 Å². The van der Waals surface area contributed by atoms with Crippen molar-refractivity contribution in [3.05, 3.63) is 64.6 Å². The Morgan fingerprint density at radius 1 is 1.00 bits per heavy atom. The standard InChI is InChI=1S/C16H12N4O3S2.Na.H/c21-15-13(18-17-9-1-5-11(24)6-2-9)14(16(22)23)19-20(15)10-3-7-12(25)8-4-10;;/h1-8,19,24-25H,(H,22,23);;/q;+1;-1. The van der Waals surface area contributed by atoms with Gasteiger partial charge in [0.15, 0.2) is 11.4 Å². The Bertz CT molecular complexity index is 1020. The normalized spacial score (nSPS) is 10.7. The van der Waals surface area contributed by atoms with Crippen LogP contribution in [0.15, 0.2) is 73.3 Å². The van der Waals surface area contributed by atoms with Gasteiger partial charge in [-0.1, -0.05) is 0 Å². The van der Waals surface area contributed by atoms with Crippen LogP contribution in [0.3, 0.4) is 0 Å². The molecule has 0 saturated carbocycles. The molecule has 10 heteroatoms. The molecule has 0 aliphatic rings. The zero-order valence-electron chi connectivity index (χ0n) is 14.6. The number of benzene rings is 2. The number of azo groups is 1. The van der Waals surface area contributed by atoms with Gasteiger partial charge in [-0.05, 0) is 48.5 Å². The number of aromatic carboxylic acids is 1. The molecular weight excluding hydrogens is 383 g/mol. The summed E-state index contributed by atoms with van der Waals surface area (Å²) in [6, 6.07) is 13.4. The number of H-pyrrole nitrogens is 1. The molecule has 0 unspecified atom stereocenters. The molecule has 1 heterocycles. The SMILES string of the molecule is O=C(O)c1[nH]n(-c2ccc(S)cc2)c(=O)c1N=Nc1ccc(S)cc1.[H-].[Na+]. The number of hydrogen-bond acceptors (Lipinski definition) is 6. The van der Waals surface area contributed by atoms with E-state index in [1.165, 1.54) is 0 Å². The van der Waals surface area contributed by atoms with Gasteiger partial charge >= 0.3 is 35.5 Å². The molecule has 2 aromatic carbocycles. The van der Waals surface area contributed by atoms with Gasteiger partial charge in [-0.2, -0.15) is 5.11 Å². The predicted octanol–water partition coefficient (Wildman–Crippen LogP) is 0.973. The van der Waals surface area contributed by atoms with Crippen molar-refractivity contribution in [1.82, 2.24) is 9.78 Å². The molecule has 0 amide bonds. The molecule has 0 fully saturated rings. The summed E-state index contributed by atoms with van der Waals surface area (Å²) in [6.07, 6.45) is 0. The smallest absolute Gasteiger partial charge is 1.00 e. The number of nitrogens with zero attached hydrogens (tertiary/aromatic N) is 3. The second-order valence-electron chi connectivity index (χ2n) is 5.01. The summed E-state index contributed by atoms with van der Waals surface area (Å²) in [5.41, 5.74) is -0.294. The average molecular weight is 396 g/mol. The van der Waals surface area contributed by atoms with Crippen molar-refractivity contribution in [1.29, 1.82) is 0 Å². The Kier molecular flexibility index (Phi) is 6.90. The molecule has 0 aliphatic carbocycles. The fourth-order valence-corrected chi connectivity index (χ4v) is 2.38. The van der Waals surface area contributed by atoms with Gasteiger partial charge in [-0.25, -0.2) is 9.48 Å². The maximum absolute atomic E-state index is 12.5.